The van der Waals surface area contributed by atoms with Crippen LogP contribution in [0, 0.1) is 36.5 Å². The first-order valence-electron chi connectivity index (χ1n) is 10.2. The molecule has 1 amide bonds. The monoisotopic (exact) mass is 437 g/mol. The van der Waals surface area contributed by atoms with Gasteiger partial charge in [0.1, 0.15) is 18.2 Å². The maximum absolute atomic E-state index is 12.6. The Kier molecular flexibility index (Phi) is 7.47. The molecule has 3 rings (SSSR count). The van der Waals surface area contributed by atoms with E-state index in [1.54, 1.807) is 30.3 Å². The number of aryl methyl sites for hydroxylation is 2. The molecule has 0 bridgehead atoms. The topological polar surface area (TPSA) is 95.1 Å². The van der Waals surface area contributed by atoms with Crippen molar-refractivity contribution in [2.45, 2.75) is 20.5 Å². The molecule has 0 saturated heterocycles. The lowest BCUT2D eigenvalue weighted by molar-refractivity contribution is -0.112. The molecule has 0 saturated carbocycles. The van der Waals surface area contributed by atoms with E-state index in [4.69, 9.17) is 9.47 Å². The molecule has 3 aromatic carbocycles. The number of methoxy groups -OCH3 is 1. The number of amides is 1. The number of rotatable bonds is 7. The van der Waals surface area contributed by atoms with Gasteiger partial charge in [0, 0.05) is 11.3 Å². The summed E-state index contributed by atoms with van der Waals surface area (Å²) in [6.07, 6.45) is 1.50. The number of hydrogen-bond acceptors (Lipinski definition) is 5. The SMILES string of the molecule is COc1cc(/C=C(\C#N)C(=O)Nc2ccc(C)cc2C)ccc1OCc1ccccc1C#N. The van der Waals surface area contributed by atoms with Crippen LogP contribution in [0.15, 0.2) is 66.2 Å². The van der Waals surface area contributed by atoms with Crippen molar-refractivity contribution >= 4 is 17.7 Å². The minimum Gasteiger partial charge on any atom is -0.493 e. The normalized spacial score (nSPS) is 10.6. The zero-order chi connectivity index (χ0) is 23.8. The molecule has 0 spiro atoms. The summed E-state index contributed by atoms with van der Waals surface area (Å²) >= 11 is 0. The molecule has 3 aromatic rings. The Labute approximate surface area is 193 Å². The van der Waals surface area contributed by atoms with Crippen molar-refractivity contribution in [2.75, 3.05) is 12.4 Å². The highest BCUT2D eigenvalue weighted by Gasteiger charge is 2.13. The van der Waals surface area contributed by atoms with E-state index in [0.29, 0.717) is 28.3 Å². The maximum atomic E-state index is 12.6. The zero-order valence-corrected chi connectivity index (χ0v) is 18.7. The van der Waals surface area contributed by atoms with Crippen LogP contribution in [0.5, 0.6) is 11.5 Å². The van der Waals surface area contributed by atoms with Crippen LogP contribution in [0.4, 0.5) is 5.69 Å². The number of hydrogen-bond donors (Lipinski definition) is 1. The van der Waals surface area contributed by atoms with Crippen LogP contribution >= 0.6 is 0 Å². The standard InChI is InChI=1S/C27H23N3O3/c1-18-8-10-24(19(2)12-18)30-27(31)23(16-29)13-20-9-11-25(26(14-20)32-3)33-17-22-7-5-4-6-21(22)15-28/h4-14H,17H2,1-3H3,(H,30,31)/b23-13+. The Balaban J connectivity index is 1.78. The minimum absolute atomic E-state index is 0.0337. The van der Waals surface area contributed by atoms with Gasteiger partial charge in [-0.25, -0.2) is 0 Å². The summed E-state index contributed by atoms with van der Waals surface area (Å²) in [5, 5.41) is 21.5. The smallest absolute Gasteiger partial charge is 0.266 e. The molecule has 1 N–H and O–H groups in total. The summed E-state index contributed by atoms with van der Waals surface area (Å²) in [6.45, 7) is 4.08. The molecule has 164 valence electrons. The quantitative estimate of drug-likeness (QED) is 0.399. The van der Waals surface area contributed by atoms with Crippen molar-refractivity contribution in [3.63, 3.8) is 0 Å². The van der Waals surface area contributed by atoms with Gasteiger partial charge in [0.25, 0.3) is 5.91 Å². The van der Waals surface area contributed by atoms with Gasteiger partial charge in [0.15, 0.2) is 11.5 Å². The number of anilines is 1. The molecule has 0 heterocycles. The molecule has 6 heteroatoms. The van der Waals surface area contributed by atoms with Crippen molar-refractivity contribution in [3.05, 3.63) is 94.1 Å². The second-order valence-corrected chi connectivity index (χ2v) is 7.41. The van der Waals surface area contributed by atoms with Gasteiger partial charge in [0.05, 0.1) is 18.7 Å². The first-order valence-corrected chi connectivity index (χ1v) is 10.2. The van der Waals surface area contributed by atoms with E-state index in [1.807, 2.05) is 50.2 Å². The minimum atomic E-state index is -0.489. The lowest BCUT2D eigenvalue weighted by atomic mass is 10.1. The lowest BCUT2D eigenvalue weighted by Gasteiger charge is -2.12. The largest absolute Gasteiger partial charge is 0.493 e. The van der Waals surface area contributed by atoms with E-state index in [1.165, 1.54) is 13.2 Å². The van der Waals surface area contributed by atoms with Crippen molar-refractivity contribution in [3.8, 4) is 23.6 Å². The summed E-state index contributed by atoms with van der Waals surface area (Å²) in [5.41, 5.74) is 4.56. The number of carbonyl (C=O) groups is 1. The molecule has 0 atom stereocenters. The molecule has 0 aliphatic rings. The van der Waals surface area contributed by atoms with Gasteiger partial charge in [-0.2, -0.15) is 10.5 Å². The first-order chi connectivity index (χ1) is 15.9. The second-order valence-electron chi connectivity index (χ2n) is 7.41. The molecule has 0 radical (unpaired) electrons. The van der Waals surface area contributed by atoms with Crippen LogP contribution in [0.1, 0.15) is 27.8 Å². The second kappa shape index (κ2) is 10.7. The van der Waals surface area contributed by atoms with Crippen molar-refractivity contribution < 1.29 is 14.3 Å². The Morgan fingerprint density at radius 1 is 1.03 bits per heavy atom. The number of nitriles is 2. The van der Waals surface area contributed by atoms with Gasteiger partial charge in [0.2, 0.25) is 0 Å². The van der Waals surface area contributed by atoms with Crippen LogP contribution in [0.3, 0.4) is 0 Å². The fourth-order valence-electron chi connectivity index (χ4n) is 3.26. The van der Waals surface area contributed by atoms with Crippen LogP contribution in [0.2, 0.25) is 0 Å². The predicted molar refractivity (Wildman–Crippen MR) is 127 cm³/mol. The van der Waals surface area contributed by atoms with Crippen LogP contribution < -0.4 is 14.8 Å². The van der Waals surface area contributed by atoms with Gasteiger partial charge in [-0.1, -0.05) is 42.0 Å². The third kappa shape index (κ3) is 5.78. The van der Waals surface area contributed by atoms with Gasteiger partial charge in [-0.3, -0.25) is 4.79 Å². The summed E-state index contributed by atoms with van der Waals surface area (Å²) in [4.78, 5) is 12.6. The molecule has 6 nitrogen and oxygen atoms in total. The fourth-order valence-corrected chi connectivity index (χ4v) is 3.26. The predicted octanol–water partition coefficient (Wildman–Crippen LogP) is 5.31. The van der Waals surface area contributed by atoms with E-state index in [9.17, 15) is 15.3 Å². The first kappa shape index (κ1) is 23.1. The highest BCUT2D eigenvalue weighted by molar-refractivity contribution is 6.10. The molecule has 0 unspecified atom stereocenters. The van der Waals surface area contributed by atoms with Gasteiger partial charge >= 0.3 is 0 Å². The molecule has 0 aromatic heterocycles. The summed E-state index contributed by atoms with van der Waals surface area (Å²) < 4.78 is 11.3. The van der Waals surface area contributed by atoms with Gasteiger partial charge in [-0.05, 0) is 55.3 Å². The van der Waals surface area contributed by atoms with Crippen molar-refractivity contribution in [1.29, 1.82) is 10.5 Å². The number of benzene rings is 3. The molecule has 0 fully saturated rings. The highest BCUT2D eigenvalue weighted by atomic mass is 16.5. The summed E-state index contributed by atoms with van der Waals surface area (Å²) in [5.74, 6) is 0.447. The highest BCUT2D eigenvalue weighted by Crippen LogP contribution is 2.30. The molecular weight excluding hydrogens is 414 g/mol. The van der Waals surface area contributed by atoms with E-state index >= 15 is 0 Å². The van der Waals surface area contributed by atoms with E-state index in [0.717, 1.165) is 16.7 Å². The third-order valence-corrected chi connectivity index (χ3v) is 5.01. The number of carbonyl (C=O) groups excluding carboxylic acids is 1. The molecule has 0 aliphatic carbocycles. The van der Waals surface area contributed by atoms with E-state index in [-0.39, 0.29) is 12.2 Å². The Morgan fingerprint density at radius 3 is 2.52 bits per heavy atom. The average molecular weight is 437 g/mol. The zero-order valence-electron chi connectivity index (χ0n) is 18.7. The van der Waals surface area contributed by atoms with E-state index < -0.39 is 5.91 Å². The van der Waals surface area contributed by atoms with Gasteiger partial charge < -0.3 is 14.8 Å². The Hall–Kier alpha value is -4.55. The Morgan fingerprint density at radius 2 is 1.82 bits per heavy atom. The van der Waals surface area contributed by atoms with Crippen molar-refractivity contribution in [1.82, 2.24) is 0 Å². The number of ether oxygens (including phenoxy) is 2. The molecule has 33 heavy (non-hydrogen) atoms. The van der Waals surface area contributed by atoms with Crippen LogP contribution in [-0.2, 0) is 11.4 Å². The van der Waals surface area contributed by atoms with E-state index in [2.05, 4.69) is 11.4 Å². The number of nitrogens with zero attached hydrogens (tertiary/aromatic N) is 2. The Bertz CT molecular complexity index is 1300. The molecular formula is C27H23N3O3. The summed E-state index contributed by atoms with van der Waals surface area (Å²) in [7, 11) is 1.51. The number of nitrogens with one attached hydrogen (secondary N) is 1. The lowest BCUT2D eigenvalue weighted by Crippen LogP contribution is -2.14. The van der Waals surface area contributed by atoms with Crippen molar-refractivity contribution in [2.24, 2.45) is 0 Å². The molecule has 0 aliphatic heterocycles. The average Bonchev–Trinajstić information content (AvgIpc) is 2.83. The summed E-state index contributed by atoms with van der Waals surface area (Å²) in [6, 6.07) is 22.1. The van der Waals surface area contributed by atoms with Crippen LogP contribution in [-0.4, -0.2) is 13.0 Å². The van der Waals surface area contributed by atoms with Gasteiger partial charge in [-0.15, -0.1) is 0 Å². The third-order valence-electron chi connectivity index (χ3n) is 5.01. The van der Waals surface area contributed by atoms with Crippen LogP contribution in [0.25, 0.3) is 6.08 Å². The maximum Gasteiger partial charge on any atom is 0.266 e. The fraction of sp³-hybridized carbons (Fsp3) is 0.148.